The molecule has 0 radical (unpaired) electrons. The maximum atomic E-state index is 13.2. The van der Waals surface area contributed by atoms with Gasteiger partial charge in [0.1, 0.15) is 11.5 Å². The maximum Gasteiger partial charge on any atom is 0.273 e. The summed E-state index contributed by atoms with van der Waals surface area (Å²) in [7, 11) is 0. The number of aromatic nitrogens is 2. The zero-order valence-corrected chi connectivity index (χ0v) is 18.7. The summed E-state index contributed by atoms with van der Waals surface area (Å²) in [5.41, 5.74) is 7.36. The molecule has 8 nitrogen and oxygen atoms in total. The molecule has 0 spiro atoms. The summed E-state index contributed by atoms with van der Waals surface area (Å²) < 4.78 is 0. The Kier molecular flexibility index (Phi) is 5.49. The standard InChI is InChI=1S/C21H34N6O2/c1-12(2)18(28)25-8-10-26(11-9-25)20-23-15-14(17(22)24-20)16(21(5,6)7)27(13(3)4)19(15)29/h12-13,16H,8-11H2,1-7H3,(H2,22,23,24). The van der Waals surface area contributed by atoms with Gasteiger partial charge in [-0.05, 0) is 19.3 Å². The highest BCUT2D eigenvalue weighted by Gasteiger charge is 2.47. The Balaban J connectivity index is 1.91. The van der Waals surface area contributed by atoms with Crippen molar-refractivity contribution >= 4 is 23.6 Å². The molecule has 1 saturated heterocycles. The van der Waals surface area contributed by atoms with E-state index >= 15 is 0 Å². The Hall–Kier alpha value is -2.38. The molecule has 160 valence electrons. The second-order valence-electron chi connectivity index (χ2n) is 9.71. The molecule has 0 bridgehead atoms. The molecule has 2 aliphatic rings. The first-order chi connectivity index (χ1) is 13.4. The highest BCUT2D eigenvalue weighted by atomic mass is 16.2. The number of nitrogens with two attached hydrogens (primary N) is 1. The van der Waals surface area contributed by atoms with Crippen LogP contribution in [0.5, 0.6) is 0 Å². The van der Waals surface area contributed by atoms with E-state index in [1.54, 1.807) is 0 Å². The van der Waals surface area contributed by atoms with E-state index in [0.29, 0.717) is 43.6 Å². The number of carbonyl (C=O) groups excluding carboxylic acids is 2. The molecule has 2 N–H and O–H groups in total. The molecule has 1 aromatic rings. The van der Waals surface area contributed by atoms with Crippen LogP contribution in [0.25, 0.3) is 0 Å². The minimum absolute atomic E-state index is 0.0117. The van der Waals surface area contributed by atoms with E-state index in [2.05, 4.69) is 30.7 Å². The van der Waals surface area contributed by atoms with Crippen LogP contribution >= 0.6 is 0 Å². The Labute approximate surface area is 173 Å². The fourth-order valence-corrected chi connectivity index (χ4v) is 4.30. The first-order valence-corrected chi connectivity index (χ1v) is 10.5. The lowest BCUT2D eigenvalue weighted by molar-refractivity contribution is -0.134. The quantitative estimate of drug-likeness (QED) is 0.834. The van der Waals surface area contributed by atoms with Gasteiger partial charge >= 0.3 is 0 Å². The van der Waals surface area contributed by atoms with E-state index < -0.39 is 0 Å². The van der Waals surface area contributed by atoms with E-state index in [1.165, 1.54) is 0 Å². The molecule has 1 atom stereocenters. The van der Waals surface area contributed by atoms with Gasteiger partial charge in [-0.2, -0.15) is 4.98 Å². The second kappa shape index (κ2) is 7.46. The molecule has 0 aliphatic carbocycles. The van der Waals surface area contributed by atoms with Crippen molar-refractivity contribution < 1.29 is 9.59 Å². The molecule has 3 rings (SSSR count). The van der Waals surface area contributed by atoms with E-state index in [4.69, 9.17) is 5.73 Å². The van der Waals surface area contributed by atoms with Gasteiger partial charge in [-0.15, -0.1) is 0 Å². The van der Waals surface area contributed by atoms with Crippen molar-refractivity contribution in [2.75, 3.05) is 36.8 Å². The smallest absolute Gasteiger partial charge is 0.273 e. The van der Waals surface area contributed by atoms with E-state index in [-0.39, 0.29) is 35.2 Å². The molecule has 1 unspecified atom stereocenters. The van der Waals surface area contributed by atoms with Crippen LogP contribution < -0.4 is 10.6 Å². The fraction of sp³-hybridized carbons (Fsp3) is 0.714. The first-order valence-electron chi connectivity index (χ1n) is 10.5. The van der Waals surface area contributed by atoms with E-state index in [0.717, 1.165) is 5.56 Å². The van der Waals surface area contributed by atoms with Gasteiger partial charge in [0, 0.05) is 43.7 Å². The molecule has 8 heteroatoms. The number of fused-ring (bicyclic) bond motifs is 1. The van der Waals surface area contributed by atoms with Crippen LogP contribution in [-0.2, 0) is 4.79 Å². The van der Waals surface area contributed by atoms with Gasteiger partial charge in [-0.1, -0.05) is 34.6 Å². The van der Waals surface area contributed by atoms with Crippen LogP contribution in [-0.4, -0.2) is 63.8 Å². The second-order valence-corrected chi connectivity index (χ2v) is 9.71. The summed E-state index contributed by atoms with van der Waals surface area (Å²) in [6.07, 6.45) is 0. The molecule has 0 saturated carbocycles. The SMILES string of the molecule is CC(C)C(=O)N1CCN(c2nc(N)c3c(n2)C(=O)N(C(C)C)C3C(C)(C)C)CC1. The Morgan fingerprint density at radius 3 is 2.14 bits per heavy atom. The van der Waals surface area contributed by atoms with Crippen LogP contribution in [0.4, 0.5) is 11.8 Å². The Morgan fingerprint density at radius 1 is 1.07 bits per heavy atom. The average molecular weight is 403 g/mol. The lowest BCUT2D eigenvalue weighted by atomic mass is 9.82. The summed E-state index contributed by atoms with van der Waals surface area (Å²) in [5, 5.41) is 0. The zero-order valence-electron chi connectivity index (χ0n) is 18.7. The summed E-state index contributed by atoms with van der Waals surface area (Å²) in [4.78, 5) is 40.4. The highest BCUT2D eigenvalue weighted by molar-refractivity contribution is 5.99. The maximum absolute atomic E-state index is 13.2. The summed E-state index contributed by atoms with van der Waals surface area (Å²) in [5.74, 6) is 0.919. The first kappa shape index (κ1) is 21.3. The topological polar surface area (TPSA) is 95.7 Å². The molecule has 1 aromatic heterocycles. The number of nitrogen functional groups attached to an aromatic ring is 1. The number of carbonyl (C=O) groups is 2. The number of anilines is 2. The minimum atomic E-state index is -0.187. The molecular weight excluding hydrogens is 368 g/mol. The average Bonchev–Trinajstić information content (AvgIpc) is 2.95. The lowest BCUT2D eigenvalue weighted by Gasteiger charge is -2.38. The van der Waals surface area contributed by atoms with Crippen LogP contribution in [0.1, 0.15) is 70.6 Å². The molecule has 1 fully saturated rings. The minimum Gasteiger partial charge on any atom is -0.383 e. The number of rotatable bonds is 3. The van der Waals surface area contributed by atoms with Crippen molar-refractivity contribution in [2.45, 2.75) is 60.5 Å². The molecular formula is C21H34N6O2. The number of piperazine rings is 1. The van der Waals surface area contributed by atoms with Crippen molar-refractivity contribution in [3.63, 3.8) is 0 Å². The predicted molar refractivity (Wildman–Crippen MR) is 114 cm³/mol. The highest BCUT2D eigenvalue weighted by Crippen LogP contribution is 2.47. The monoisotopic (exact) mass is 402 g/mol. The Bertz CT molecular complexity index is 806. The number of hydrogen-bond donors (Lipinski definition) is 1. The van der Waals surface area contributed by atoms with Crippen molar-refractivity contribution in [2.24, 2.45) is 11.3 Å². The van der Waals surface area contributed by atoms with Crippen LogP contribution in [0.2, 0.25) is 0 Å². The van der Waals surface area contributed by atoms with Gasteiger partial charge in [0.05, 0.1) is 6.04 Å². The third-order valence-electron chi connectivity index (χ3n) is 5.70. The van der Waals surface area contributed by atoms with Gasteiger partial charge in [0.2, 0.25) is 11.9 Å². The zero-order chi connectivity index (χ0) is 21.7. The van der Waals surface area contributed by atoms with Crippen LogP contribution in [0.3, 0.4) is 0 Å². The number of hydrogen-bond acceptors (Lipinski definition) is 6. The lowest BCUT2D eigenvalue weighted by Crippen LogP contribution is -2.50. The van der Waals surface area contributed by atoms with Gasteiger partial charge in [0.25, 0.3) is 5.91 Å². The largest absolute Gasteiger partial charge is 0.383 e. The third-order valence-corrected chi connectivity index (χ3v) is 5.70. The van der Waals surface area contributed by atoms with Crippen molar-refractivity contribution in [1.82, 2.24) is 19.8 Å². The molecule has 2 aliphatic heterocycles. The van der Waals surface area contributed by atoms with Gasteiger partial charge in [-0.3, -0.25) is 9.59 Å². The predicted octanol–water partition coefficient (Wildman–Crippen LogP) is 2.31. The fourth-order valence-electron chi connectivity index (χ4n) is 4.30. The van der Waals surface area contributed by atoms with Crippen molar-refractivity contribution in [1.29, 1.82) is 0 Å². The van der Waals surface area contributed by atoms with Gasteiger partial charge in [-0.25, -0.2) is 4.98 Å². The number of nitrogens with zero attached hydrogens (tertiary/aromatic N) is 5. The molecule has 2 amide bonds. The van der Waals surface area contributed by atoms with Crippen LogP contribution in [0.15, 0.2) is 0 Å². The summed E-state index contributed by atoms with van der Waals surface area (Å²) in [6.45, 7) is 16.7. The third kappa shape index (κ3) is 3.76. The van der Waals surface area contributed by atoms with E-state index in [1.807, 2.05) is 42.4 Å². The molecule has 3 heterocycles. The molecule has 0 aromatic carbocycles. The Morgan fingerprint density at radius 2 is 1.66 bits per heavy atom. The number of amides is 2. The normalized spacial score (nSPS) is 20.1. The van der Waals surface area contributed by atoms with Gasteiger partial charge in [0.15, 0.2) is 0 Å². The van der Waals surface area contributed by atoms with Crippen molar-refractivity contribution in [3.8, 4) is 0 Å². The van der Waals surface area contributed by atoms with Crippen LogP contribution in [0, 0.1) is 11.3 Å². The van der Waals surface area contributed by atoms with Crippen molar-refractivity contribution in [3.05, 3.63) is 11.3 Å². The molecule has 29 heavy (non-hydrogen) atoms. The summed E-state index contributed by atoms with van der Waals surface area (Å²) in [6, 6.07) is -0.117. The van der Waals surface area contributed by atoms with Gasteiger partial charge < -0.3 is 20.4 Å². The van der Waals surface area contributed by atoms with E-state index in [9.17, 15) is 9.59 Å². The summed E-state index contributed by atoms with van der Waals surface area (Å²) >= 11 is 0.